The highest BCUT2D eigenvalue weighted by Crippen LogP contribution is 2.20. The van der Waals surface area contributed by atoms with Gasteiger partial charge in [0.25, 0.3) is 0 Å². The maximum atomic E-state index is 3.97. The Kier molecular flexibility index (Phi) is 9.03. The van der Waals surface area contributed by atoms with Crippen LogP contribution < -0.4 is 10.6 Å². The summed E-state index contributed by atoms with van der Waals surface area (Å²) in [5.41, 5.74) is 7.01. The molecule has 2 rings (SSSR count). The van der Waals surface area contributed by atoms with Gasteiger partial charge in [-0.15, -0.1) is 0 Å². The predicted molar refractivity (Wildman–Crippen MR) is 125 cm³/mol. The van der Waals surface area contributed by atoms with Crippen LogP contribution in [0.5, 0.6) is 0 Å². The number of hydrogen-bond donors (Lipinski definition) is 2. The van der Waals surface area contributed by atoms with Crippen LogP contribution in [0.4, 0.5) is 11.4 Å². The summed E-state index contributed by atoms with van der Waals surface area (Å²) in [6.07, 6.45) is 10.4. The van der Waals surface area contributed by atoms with Crippen LogP contribution in [0.2, 0.25) is 0 Å². The molecule has 0 aliphatic rings. The molecule has 0 radical (unpaired) electrons. The molecule has 0 bridgehead atoms. The van der Waals surface area contributed by atoms with E-state index in [1.165, 1.54) is 16.7 Å². The highest BCUT2D eigenvalue weighted by Gasteiger charge is 1.99. The van der Waals surface area contributed by atoms with Gasteiger partial charge in [0.05, 0.1) is 0 Å². The summed E-state index contributed by atoms with van der Waals surface area (Å²) in [6.45, 7) is 13.8. The zero-order valence-electron chi connectivity index (χ0n) is 17.2. The van der Waals surface area contributed by atoms with E-state index in [1.807, 2.05) is 13.0 Å². The molecule has 0 saturated carbocycles. The Morgan fingerprint density at radius 3 is 2.21 bits per heavy atom. The van der Waals surface area contributed by atoms with Crippen LogP contribution in [0.15, 0.2) is 91.6 Å². The fourth-order valence-corrected chi connectivity index (χ4v) is 2.82. The van der Waals surface area contributed by atoms with Gasteiger partial charge in [0.1, 0.15) is 0 Å². The standard InChI is InChI=1S/C26H32N2/c1-5-7-9-22(8-6-2)18-19-27-20-23-10-14-25(15-11-23)28-26-16-12-24(13-17-26)21(3)4/h6-17,27-28H,2-3,5,18-20H2,1,4H3/b9-7-,22-8+. The Labute approximate surface area is 170 Å². The van der Waals surface area contributed by atoms with E-state index in [-0.39, 0.29) is 0 Å². The first-order valence-corrected chi connectivity index (χ1v) is 9.93. The molecular weight excluding hydrogens is 340 g/mol. The Balaban J connectivity index is 1.80. The Bertz CT molecular complexity index is 809. The van der Waals surface area contributed by atoms with Crippen LogP contribution in [0, 0.1) is 0 Å². The van der Waals surface area contributed by atoms with Crippen molar-refractivity contribution in [3.05, 3.63) is 103 Å². The van der Waals surface area contributed by atoms with Gasteiger partial charge < -0.3 is 10.6 Å². The van der Waals surface area contributed by atoms with Crippen molar-refractivity contribution in [2.75, 3.05) is 11.9 Å². The van der Waals surface area contributed by atoms with Crippen molar-refractivity contribution in [1.29, 1.82) is 0 Å². The zero-order chi connectivity index (χ0) is 20.2. The first kappa shape index (κ1) is 21.5. The second-order valence-electron chi connectivity index (χ2n) is 6.89. The zero-order valence-corrected chi connectivity index (χ0v) is 17.2. The van der Waals surface area contributed by atoms with Gasteiger partial charge in [0.15, 0.2) is 0 Å². The van der Waals surface area contributed by atoms with Crippen molar-refractivity contribution in [3.63, 3.8) is 0 Å². The van der Waals surface area contributed by atoms with Crippen molar-refractivity contribution < 1.29 is 0 Å². The van der Waals surface area contributed by atoms with Crippen molar-refractivity contribution in [2.45, 2.75) is 33.2 Å². The molecule has 28 heavy (non-hydrogen) atoms. The molecule has 2 nitrogen and oxygen atoms in total. The number of nitrogens with one attached hydrogen (secondary N) is 2. The van der Waals surface area contributed by atoms with Crippen molar-refractivity contribution >= 4 is 16.9 Å². The third-order valence-corrected chi connectivity index (χ3v) is 4.44. The number of allylic oxidation sites excluding steroid dienone is 5. The Morgan fingerprint density at radius 2 is 1.64 bits per heavy atom. The maximum absolute atomic E-state index is 3.97. The van der Waals surface area contributed by atoms with E-state index in [4.69, 9.17) is 0 Å². The summed E-state index contributed by atoms with van der Waals surface area (Å²) in [6, 6.07) is 16.9. The summed E-state index contributed by atoms with van der Waals surface area (Å²) in [5.74, 6) is 0. The lowest BCUT2D eigenvalue weighted by Crippen LogP contribution is -2.15. The van der Waals surface area contributed by atoms with Gasteiger partial charge in [-0.25, -0.2) is 0 Å². The highest BCUT2D eigenvalue weighted by atomic mass is 14.9. The molecule has 2 N–H and O–H groups in total. The molecule has 2 aromatic rings. The summed E-state index contributed by atoms with van der Waals surface area (Å²) >= 11 is 0. The molecule has 0 aliphatic carbocycles. The number of benzene rings is 2. The third-order valence-electron chi connectivity index (χ3n) is 4.44. The Hall–Kier alpha value is -2.84. The van der Waals surface area contributed by atoms with Crippen LogP contribution >= 0.6 is 0 Å². The Morgan fingerprint density at radius 1 is 1.00 bits per heavy atom. The van der Waals surface area contributed by atoms with Crippen LogP contribution in [0.3, 0.4) is 0 Å². The van der Waals surface area contributed by atoms with E-state index >= 15 is 0 Å². The SMILES string of the molecule is C=C/C=C(\C=C/CC)CCNCc1ccc(Nc2ccc(C(=C)C)cc2)cc1. The summed E-state index contributed by atoms with van der Waals surface area (Å²) < 4.78 is 0. The number of anilines is 2. The lowest BCUT2D eigenvalue weighted by atomic mass is 10.1. The van der Waals surface area contributed by atoms with Gasteiger partial charge >= 0.3 is 0 Å². The lowest BCUT2D eigenvalue weighted by Gasteiger charge is -2.10. The van der Waals surface area contributed by atoms with Crippen molar-refractivity contribution in [1.82, 2.24) is 5.32 Å². The topological polar surface area (TPSA) is 24.1 Å². The van der Waals surface area contributed by atoms with E-state index in [0.717, 1.165) is 42.9 Å². The average molecular weight is 373 g/mol. The quantitative estimate of drug-likeness (QED) is 0.327. The van der Waals surface area contributed by atoms with E-state index in [1.54, 1.807) is 0 Å². The molecule has 0 fully saturated rings. The van der Waals surface area contributed by atoms with Gasteiger partial charge in [0.2, 0.25) is 0 Å². The molecule has 0 saturated heterocycles. The van der Waals surface area contributed by atoms with Gasteiger partial charge in [-0.2, -0.15) is 0 Å². The molecule has 0 aromatic heterocycles. The van der Waals surface area contributed by atoms with E-state index in [0.29, 0.717) is 0 Å². The minimum absolute atomic E-state index is 0.868. The van der Waals surface area contributed by atoms with Crippen LogP contribution in [-0.4, -0.2) is 6.54 Å². The lowest BCUT2D eigenvalue weighted by molar-refractivity contribution is 0.688. The first-order chi connectivity index (χ1) is 13.6. The van der Waals surface area contributed by atoms with Crippen molar-refractivity contribution in [2.24, 2.45) is 0 Å². The molecule has 0 amide bonds. The normalized spacial score (nSPS) is 11.6. The highest BCUT2D eigenvalue weighted by molar-refractivity contribution is 5.66. The third kappa shape index (κ3) is 7.42. The average Bonchev–Trinajstić information content (AvgIpc) is 2.71. The minimum atomic E-state index is 0.868. The molecule has 0 atom stereocenters. The summed E-state index contributed by atoms with van der Waals surface area (Å²) in [7, 11) is 0. The second kappa shape index (κ2) is 11.8. The number of rotatable bonds is 11. The number of hydrogen-bond acceptors (Lipinski definition) is 2. The fraction of sp³-hybridized carbons (Fsp3) is 0.231. The van der Waals surface area contributed by atoms with E-state index in [2.05, 4.69) is 97.5 Å². The van der Waals surface area contributed by atoms with Crippen LogP contribution in [0.1, 0.15) is 37.8 Å². The van der Waals surface area contributed by atoms with Crippen LogP contribution in [-0.2, 0) is 6.54 Å². The maximum Gasteiger partial charge on any atom is 0.0384 e. The molecule has 146 valence electrons. The molecule has 2 heteroatoms. The summed E-state index contributed by atoms with van der Waals surface area (Å²) in [5, 5.41) is 6.95. The van der Waals surface area contributed by atoms with E-state index < -0.39 is 0 Å². The molecule has 0 spiro atoms. The van der Waals surface area contributed by atoms with Crippen molar-refractivity contribution in [3.8, 4) is 0 Å². The van der Waals surface area contributed by atoms with Gasteiger partial charge in [-0.3, -0.25) is 0 Å². The summed E-state index contributed by atoms with van der Waals surface area (Å²) in [4.78, 5) is 0. The minimum Gasteiger partial charge on any atom is -0.356 e. The molecule has 0 heterocycles. The molecular formula is C26H32N2. The van der Waals surface area contributed by atoms with Gasteiger partial charge in [-0.1, -0.05) is 74.2 Å². The van der Waals surface area contributed by atoms with Crippen LogP contribution in [0.25, 0.3) is 5.57 Å². The predicted octanol–water partition coefficient (Wildman–Crippen LogP) is 7.02. The molecule has 0 aliphatic heterocycles. The van der Waals surface area contributed by atoms with E-state index in [9.17, 15) is 0 Å². The van der Waals surface area contributed by atoms with Gasteiger partial charge in [0, 0.05) is 17.9 Å². The smallest absolute Gasteiger partial charge is 0.0384 e. The fourth-order valence-electron chi connectivity index (χ4n) is 2.82. The second-order valence-corrected chi connectivity index (χ2v) is 6.89. The molecule has 0 unspecified atom stereocenters. The monoisotopic (exact) mass is 372 g/mol. The first-order valence-electron chi connectivity index (χ1n) is 9.93. The van der Waals surface area contributed by atoms with Gasteiger partial charge in [-0.05, 0) is 67.3 Å². The molecule has 2 aromatic carbocycles. The largest absolute Gasteiger partial charge is 0.356 e.